The molecule has 3 nitrogen and oxygen atoms in total. The molecule has 0 aliphatic rings. The Kier molecular flexibility index (Phi) is 6.25. The van der Waals surface area contributed by atoms with Gasteiger partial charge in [0, 0.05) is 23.4 Å². The fourth-order valence-corrected chi connectivity index (χ4v) is 3.02. The summed E-state index contributed by atoms with van der Waals surface area (Å²) in [5, 5.41) is 3.39. The average Bonchev–Trinajstić information content (AvgIpc) is 2.79. The zero-order chi connectivity index (χ0) is 20.6. The highest BCUT2D eigenvalue weighted by Crippen LogP contribution is 2.24. The van der Waals surface area contributed by atoms with Gasteiger partial charge in [0.25, 0.3) is 0 Å². The Bertz CT molecular complexity index is 1080. The number of rotatable bonds is 8. The monoisotopic (exact) mass is 399 g/mol. The minimum Gasteiger partial charge on any atom is -0.488 e. The summed E-state index contributed by atoms with van der Waals surface area (Å²) in [5.74, 6) is 2.06. The molecule has 0 aliphatic carbocycles. The summed E-state index contributed by atoms with van der Waals surface area (Å²) in [6.45, 7) is 0.779. The van der Waals surface area contributed by atoms with Gasteiger partial charge in [0.15, 0.2) is 0 Å². The third-order valence-electron chi connectivity index (χ3n) is 4.63. The maximum atomic E-state index is 13.8. The SMILES string of the molecule is Fc1ccccc1COc1ccccc1CNc1ccc(Oc2ccccc2)cc1. The quantitative estimate of drug-likeness (QED) is 0.353. The van der Waals surface area contributed by atoms with Crippen molar-refractivity contribution >= 4 is 5.69 Å². The predicted molar refractivity (Wildman–Crippen MR) is 117 cm³/mol. The van der Waals surface area contributed by atoms with E-state index in [1.54, 1.807) is 18.2 Å². The molecule has 0 radical (unpaired) electrons. The van der Waals surface area contributed by atoms with Crippen LogP contribution in [0.2, 0.25) is 0 Å². The lowest BCUT2D eigenvalue weighted by molar-refractivity contribution is 0.297. The molecule has 0 bridgehead atoms. The van der Waals surface area contributed by atoms with E-state index in [0.717, 1.165) is 28.5 Å². The number of hydrogen-bond acceptors (Lipinski definition) is 3. The van der Waals surface area contributed by atoms with E-state index in [-0.39, 0.29) is 12.4 Å². The van der Waals surface area contributed by atoms with Crippen LogP contribution in [0.5, 0.6) is 17.2 Å². The molecule has 0 fully saturated rings. The molecular formula is C26H22FNO2. The molecule has 4 heteroatoms. The van der Waals surface area contributed by atoms with Gasteiger partial charge in [-0.15, -0.1) is 0 Å². The van der Waals surface area contributed by atoms with E-state index in [1.165, 1.54) is 6.07 Å². The molecule has 1 N–H and O–H groups in total. The van der Waals surface area contributed by atoms with Crippen LogP contribution in [-0.2, 0) is 13.2 Å². The summed E-state index contributed by atoms with van der Waals surface area (Å²) in [6.07, 6.45) is 0. The van der Waals surface area contributed by atoms with Gasteiger partial charge in [-0.3, -0.25) is 0 Å². The molecule has 0 amide bonds. The van der Waals surface area contributed by atoms with Crippen LogP contribution in [0.3, 0.4) is 0 Å². The van der Waals surface area contributed by atoms with Crippen LogP contribution in [0.1, 0.15) is 11.1 Å². The maximum Gasteiger partial charge on any atom is 0.129 e. The fourth-order valence-electron chi connectivity index (χ4n) is 3.02. The molecule has 0 atom stereocenters. The van der Waals surface area contributed by atoms with Crippen molar-refractivity contribution < 1.29 is 13.9 Å². The Hall–Kier alpha value is -3.79. The molecule has 4 rings (SSSR count). The van der Waals surface area contributed by atoms with Crippen LogP contribution in [0, 0.1) is 5.82 Å². The van der Waals surface area contributed by atoms with Crippen molar-refractivity contribution in [3.63, 3.8) is 0 Å². The second-order valence-electron chi connectivity index (χ2n) is 6.78. The van der Waals surface area contributed by atoms with Gasteiger partial charge in [-0.1, -0.05) is 54.6 Å². The van der Waals surface area contributed by atoms with Crippen molar-refractivity contribution in [2.24, 2.45) is 0 Å². The summed E-state index contributed by atoms with van der Waals surface area (Å²) < 4.78 is 25.5. The van der Waals surface area contributed by atoms with Crippen molar-refractivity contribution in [3.8, 4) is 17.2 Å². The van der Waals surface area contributed by atoms with E-state index < -0.39 is 0 Å². The smallest absolute Gasteiger partial charge is 0.129 e. The summed E-state index contributed by atoms with van der Waals surface area (Å²) in [4.78, 5) is 0. The standard InChI is InChI=1S/C26H22FNO2/c27-25-12-6-4-9-21(25)19-29-26-13-7-5-8-20(26)18-28-22-14-16-24(17-15-22)30-23-10-2-1-3-11-23/h1-17,28H,18-19H2. The number of hydrogen-bond donors (Lipinski definition) is 1. The number of ether oxygens (including phenoxy) is 2. The van der Waals surface area contributed by atoms with Gasteiger partial charge in [0.2, 0.25) is 0 Å². The largest absolute Gasteiger partial charge is 0.488 e. The molecule has 4 aromatic carbocycles. The van der Waals surface area contributed by atoms with E-state index in [9.17, 15) is 4.39 Å². The van der Waals surface area contributed by atoms with Gasteiger partial charge in [-0.05, 0) is 48.5 Å². The minimum absolute atomic E-state index is 0.190. The first-order chi connectivity index (χ1) is 14.8. The number of nitrogens with one attached hydrogen (secondary N) is 1. The van der Waals surface area contributed by atoms with E-state index in [2.05, 4.69) is 5.32 Å². The van der Waals surface area contributed by atoms with E-state index in [1.807, 2.05) is 78.9 Å². The van der Waals surface area contributed by atoms with Gasteiger partial charge >= 0.3 is 0 Å². The average molecular weight is 399 g/mol. The molecule has 0 unspecified atom stereocenters. The zero-order valence-corrected chi connectivity index (χ0v) is 16.4. The topological polar surface area (TPSA) is 30.5 Å². The predicted octanol–water partition coefficient (Wildman–Crippen LogP) is 6.81. The summed E-state index contributed by atoms with van der Waals surface area (Å²) in [5.41, 5.74) is 2.51. The van der Waals surface area contributed by atoms with Crippen molar-refractivity contribution in [2.75, 3.05) is 5.32 Å². The first-order valence-electron chi connectivity index (χ1n) is 9.79. The van der Waals surface area contributed by atoms with E-state index in [0.29, 0.717) is 12.1 Å². The third-order valence-corrected chi connectivity index (χ3v) is 4.63. The van der Waals surface area contributed by atoms with Gasteiger partial charge in [0.05, 0.1) is 0 Å². The normalized spacial score (nSPS) is 10.4. The third kappa shape index (κ3) is 5.17. The van der Waals surface area contributed by atoms with Crippen molar-refractivity contribution in [1.29, 1.82) is 0 Å². The second kappa shape index (κ2) is 9.61. The molecule has 0 saturated heterocycles. The Morgan fingerprint density at radius 3 is 2.03 bits per heavy atom. The van der Waals surface area contributed by atoms with Crippen LogP contribution in [0.25, 0.3) is 0 Å². The molecule has 4 aromatic rings. The Morgan fingerprint density at radius 2 is 1.27 bits per heavy atom. The van der Waals surface area contributed by atoms with Crippen LogP contribution in [0.4, 0.5) is 10.1 Å². The minimum atomic E-state index is -0.258. The maximum absolute atomic E-state index is 13.8. The first kappa shape index (κ1) is 19.5. The number of para-hydroxylation sites is 2. The first-order valence-corrected chi connectivity index (χ1v) is 9.79. The summed E-state index contributed by atoms with van der Waals surface area (Å²) in [6, 6.07) is 31.9. The lowest BCUT2D eigenvalue weighted by Crippen LogP contribution is -2.04. The second-order valence-corrected chi connectivity index (χ2v) is 6.78. The molecule has 0 spiro atoms. The molecule has 0 saturated carbocycles. The van der Waals surface area contributed by atoms with Crippen molar-refractivity contribution in [2.45, 2.75) is 13.2 Å². The van der Waals surface area contributed by atoms with Crippen LogP contribution in [0.15, 0.2) is 103 Å². The highest BCUT2D eigenvalue weighted by Gasteiger charge is 2.06. The number of benzene rings is 4. The number of halogens is 1. The highest BCUT2D eigenvalue weighted by atomic mass is 19.1. The molecule has 30 heavy (non-hydrogen) atoms. The Balaban J connectivity index is 1.36. The number of anilines is 1. The van der Waals surface area contributed by atoms with Crippen LogP contribution in [-0.4, -0.2) is 0 Å². The summed E-state index contributed by atoms with van der Waals surface area (Å²) in [7, 11) is 0. The van der Waals surface area contributed by atoms with Gasteiger partial charge in [-0.2, -0.15) is 0 Å². The Morgan fingerprint density at radius 1 is 0.633 bits per heavy atom. The zero-order valence-electron chi connectivity index (χ0n) is 16.4. The Labute approximate surface area is 175 Å². The van der Waals surface area contributed by atoms with Crippen LogP contribution < -0.4 is 14.8 Å². The molecule has 0 aliphatic heterocycles. The molecule has 0 aromatic heterocycles. The molecule has 150 valence electrons. The van der Waals surface area contributed by atoms with E-state index >= 15 is 0 Å². The van der Waals surface area contributed by atoms with Gasteiger partial charge < -0.3 is 14.8 Å². The highest BCUT2D eigenvalue weighted by molar-refractivity contribution is 5.48. The van der Waals surface area contributed by atoms with Gasteiger partial charge in [-0.25, -0.2) is 4.39 Å². The fraction of sp³-hybridized carbons (Fsp3) is 0.0769. The van der Waals surface area contributed by atoms with Crippen molar-refractivity contribution in [3.05, 3.63) is 120 Å². The van der Waals surface area contributed by atoms with Gasteiger partial charge in [0.1, 0.15) is 29.7 Å². The van der Waals surface area contributed by atoms with Crippen LogP contribution >= 0.6 is 0 Å². The molecular weight excluding hydrogens is 377 g/mol. The lowest BCUT2D eigenvalue weighted by Gasteiger charge is -2.13. The van der Waals surface area contributed by atoms with Crippen molar-refractivity contribution in [1.82, 2.24) is 0 Å². The summed E-state index contributed by atoms with van der Waals surface area (Å²) >= 11 is 0. The molecule has 0 heterocycles. The lowest BCUT2D eigenvalue weighted by atomic mass is 10.2. The van der Waals surface area contributed by atoms with E-state index in [4.69, 9.17) is 9.47 Å².